The molecule has 65 heavy (non-hydrogen) atoms. The smallest absolute Gasteiger partial charge is 0.408 e. The minimum Gasteiger partial charge on any atom is -0.444 e. The van der Waals surface area contributed by atoms with E-state index in [0.29, 0.717) is 78.1 Å². The molecule has 1 aromatic heterocycles. The molecule has 16 nitrogen and oxygen atoms in total. The number of fused-ring (bicyclic) bond motifs is 1. The Labute approximate surface area is 377 Å². The lowest BCUT2D eigenvalue weighted by Gasteiger charge is -2.29. The zero-order valence-corrected chi connectivity index (χ0v) is 37.5. The molecule has 2 fully saturated rings. The third-order valence-electron chi connectivity index (χ3n) is 10.9. The van der Waals surface area contributed by atoms with E-state index >= 15 is 0 Å². The number of carbonyl (C=O) groups excluding carboxylic acids is 6. The van der Waals surface area contributed by atoms with Crippen molar-refractivity contribution in [2.24, 2.45) is 0 Å². The van der Waals surface area contributed by atoms with Crippen molar-refractivity contribution in [3.63, 3.8) is 0 Å². The Bertz CT molecular complexity index is 2530. The molecule has 4 aromatic carbocycles. The first-order valence-electron chi connectivity index (χ1n) is 21.8. The van der Waals surface area contributed by atoms with E-state index in [0.717, 1.165) is 5.56 Å². The van der Waals surface area contributed by atoms with E-state index in [2.05, 4.69) is 26.3 Å². The van der Waals surface area contributed by atoms with Crippen molar-refractivity contribution < 1.29 is 38.2 Å². The molecule has 2 aliphatic rings. The van der Waals surface area contributed by atoms with Crippen molar-refractivity contribution in [2.45, 2.75) is 103 Å². The molecule has 7 rings (SSSR count). The molecule has 0 aliphatic carbocycles. The molecule has 0 bridgehead atoms. The predicted octanol–water partition coefficient (Wildman–Crippen LogP) is 7.62. The third kappa shape index (κ3) is 11.5. The van der Waals surface area contributed by atoms with Gasteiger partial charge in [-0.15, -0.1) is 0 Å². The van der Waals surface area contributed by atoms with Crippen molar-refractivity contribution in [1.29, 1.82) is 0 Å². The second kappa shape index (κ2) is 19.3. The van der Waals surface area contributed by atoms with Crippen LogP contribution < -0.4 is 21.3 Å². The molecule has 2 saturated heterocycles. The number of H-pyrrole nitrogens is 1. The fourth-order valence-corrected chi connectivity index (χ4v) is 8.04. The number of rotatable bonds is 11. The zero-order chi connectivity index (χ0) is 46.5. The maximum absolute atomic E-state index is 14.0. The van der Waals surface area contributed by atoms with Crippen molar-refractivity contribution in [2.75, 3.05) is 23.7 Å². The van der Waals surface area contributed by atoms with E-state index in [1.54, 1.807) is 120 Å². The number of aromatic nitrogens is 2. The lowest BCUT2D eigenvalue weighted by molar-refractivity contribution is -0.138. The van der Waals surface area contributed by atoms with Crippen LogP contribution in [0.1, 0.15) is 90.4 Å². The second-order valence-corrected chi connectivity index (χ2v) is 18.2. The molecule has 16 heteroatoms. The van der Waals surface area contributed by atoms with Crippen LogP contribution in [0.3, 0.4) is 0 Å². The highest BCUT2D eigenvalue weighted by atomic mass is 16.6. The van der Waals surface area contributed by atoms with Crippen LogP contribution in [0.4, 0.5) is 21.0 Å². The highest BCUT2D eigenvalue weighted by Gasteiger charge is 2.40. The fourth-order valence-electron chi connectivity index (χ4n) is 8.04. The molecule has 4 atom stereocenters. The van der Waals surface area contributed by atoms with Gasteiger partial charge in [-0.25, -0.2) is 14.6 Å². The summed E-state index contributed by atoms with van der Waals surface area (Å²) in [6.45, 7) is 11.2. The molecule has 0 unspecified atom stereocenters. The average molecular weight is 885 g/mol. The summed E-state index contributed by atoms with van der Waals surface area (Å²) >= 11 is 0. The van der Waals surface area contributed by atoms with Gasteiger partial charge in [0.25, 0.3) is 11.8 Å². The number of amides is 6. The van der Waals surface area contributed by atoms with Crippen molar-refractivity contribution in [3.05, 3.63) is 114 Å². The molecule has 6 amide bonds. The number of nitrogens with one attached hydrogen (secondary N) is 5. The van der Waals surface area contributed by atoms with Gasteiger partial charge in [-0.1, -0.05) is 60.7 Å². The van der Waals surface area contributed by atoms with E-state index in [-0.39, 0.29) is 11.8 Å². The number of hydrogen-bond donors (Lipinski definition) is 5. The first-order chi connectivity index (χ1) is 30.9. The van der Waals surface area contributed by atoms with Gasteiger partial charge >= 0.3 is 12.2 Å². The number of aromatic amines is 1. The van der Waals surface area contributed by atoms with E-state index in [1.807, 2.05) is 24.3 Å². The van der Waals surface area contributed by atoms with Crippen LogP contribution >= 0.6 is 0 Å². The SMILES string of the molecule is CC(C)(C)OC(=O)N[C@H](C(=O)N1CCC[C@H]1C(=O)Nc1ccc(-c2nc3ccc(NC(=O)[C@@H]4CCCN4C(=O)[C@@H](NC(=O)OC(C)(C)C)c4ccccc4)cc3[nH]2)cc1)c1ccccc1. The van der Waals surface area contributed by atoms with Crippen LogP contribution in [0.25, 0.3) is 22.4 Å². The van der Waals surface area contributed by atoms with Gasteiger partial charge in [-0.05, 0) is 121 Å². The van der Waals surface area contributed by atoms with Gasteiger partial charge in [-0.2, -0.15) is 0 Å². The van der Waals surface area contributed by atoms with Crippen LogP contribution in [0, 0.1) is 0 Å². The fraction of sp³-hybridized carbons (Fsp3) is 0.367. The minimum absolute atomic E-state index is 0.343. The summed E-state index contributed by atoms with van der Waals surface area (Å²) in [5, 5.41) is 11.3. The summed E-state index contributed by atoms with van der Waals surface area (Å²) in [5.41, 5.74) is 2.72. The molecular weight excluding hydrogens is 829 g/mol. The molecule has 5 aromatic rings. The van der Waals surface area contributed by atoms with E-state index in [9.17, 15) is 28.8 Å². The summed E-state index contributed by atoms with van der Waals surface area (Å²) in [5.74, 6) is -0.939. The van der Waals surface area contributed by atoms with Gasteiger partial charge in [0.05, 0.1) is 11.0 Å². The third-order valence-corrected chi connectivity index (χ3v) is 10.9. The van der Waals surface area contributed by atoms with Gasteiger partial charge in [0.1, 0.15) is 41.2 Å². The number of likely N-dealkylation sites (tertiary alicyclic amines) is 2. The zero-order valence-electron chi connectivity index (χ0n) is 37.5. The number of ether oxygens (including phenoxy) is 2. The molecular formula is C49H56N8O8. The monoisotopic (exact) mass is 884 g/mol. The molecule has 3 heterocycles. The molecule has 340 valence electrons. The topological polar surface area (TPSA) is 204 Å². The summed E-state index contributed by atoms with van der Waals surface area (Å²) in [4.78, 5) is 92.2. The Kier molecular flexibility index (Phi) is 13.6. The maximum Gasteiger partial charge on any atom is 0.408 e. The predicted molar refractivity (Wildman–Crippen MR) is 245 cm³/mol. The first kappa shape index (κ1) is 45.8. The van der Waals surface area contributed by atoms with Crippen LogP contribution in [-0.4, -0.2) is 92.0 Å². The maximum atomic E-state index is 14.0. The standard InChI is InChI=1S/C49H56N8O8/c1-48(2,3)64-46(62)54-39(30-15-9-7-10-16-30)44(60)56-27-13-19-37(56)42(58)50-33-23-21-32(22-24-33)41-52-35-26-25-34(29-36(35)53-41)51-43(59)38-20-14-28-57(38)45(61)40(31-17-11-8-12-18-31)55-47(63)65-49(4,5)6/h7-12,15-18,21-26,29,37-40H,13-14,19-20,27-28H2,1-6H3,(H,50,58)(H,51,59)(H,52,53)(H,54,62)(H,55,63)/t37-,38-,39-,40-/m0/s1. The number of carbonyl (C=O) groups is 6. The Morgan fingerprint density at radius 1 is 0.615 bits per heavy atom. The number of imidazole rings is 1. The Hall–Kier alpha value is -7.23. The van der Waals surface area contributed by atoms with E-state index < -0.39 is 59.4 Å². The van der Waals surface area contributed by atoms with Crippen LogP contribution in [-0.2, 0) is 28.7 Å². The summed E-state index contributed by atoms with van der Waals surface area (Å²) < 4.78 is 10.9. The molecule has 0 saturated carbocycles. The molecule has 0 spiro atoms. The quantitative estimate of drug-likeness (QED) is 0.0884. The molecule has 5 N–H and O–H groups in total. The summed E-state index contributed by atoms with van der Waals surface area (Å²) in [7, 11) is 0. The lowest BCUT2D eigenvalue weighted by atomic mass is 10.0. The average Bonchev–Trinajstić information content (AvgIpc) is 4.05. The van der Waals surface area contributed by atoms with Crippen LogP contribution in [0.5, 0.6) is 0 Å². The Balaban J connectivity index is 0.988. The molecule has 2 aliphatic heterocycles. The van der Waals surface area contributed by atoms with Gasteiger partial charge in [0, 0.05) is 30.0 Å². The van der Waals surface area contributed by atoms with Gasteiger partial charge in [0.2, 0.25) is 11.8 Å². The summed E-state index contributed by atoms with van der Waals surface area (Å²) in [6, 6.07) is 26.6. The Morgan fingerprint density at radius 3 is 1.52 bits per heavy atom. The number of hydrogen-bond acceptors (Lipinski definition) is 9. The van der Waals surface area contributed by atoms with Gasteiger partial charge in [-0.3, -0.25) is 19.2 Å². The number of nitrogens with zero attached hydrogens (tertiary/aromatic N) is 3. The van der Waals surface area contributed by atoms with E-state index in [1.165, 1.54) is 9.80 Å². The van der Waals surface area contributed by atoms with Crippen LogP contribution in [0.15, 0.2) is 103 Å². The Morgan fingerprint density at radius 2 is 1.06 bits per heavy atom. The van der Waals surface area contributed by atoms with E-state index in [4.69, 9.17) is 14.5 Å². The normalized spacial score (nSPS) is 17.2. The number of benzene rings is 4. The van der Waals surface area contributed by atoms with Crippen LogP contribution in [0.2, 0.25) is 0 Å². The first-order valence-corrected chi connectivity index (χ1v) is 21.8. The van der Waals surface area contributed by atoms with Crippen molar-refractivity contribution in [3.8, 4) is 11.4 Å². The minimum atomic E-state index is -1.05. The van der Waals surface area contributed by atoms with Gasteiger partial charge < -0.3 is 45.5 Å². The number of alkyl carbamates (subject to hydrolysis) is 2. The highest BCUT2D eigenvalue weighted by molar-refractivity contribution is 6.01. The summed E-state index contributed by atoms with van der Waals surface area (Å²) in [6.07, 6.45) is 0.689. The van der Waals surface area contributed by atoms with Crippen molar-refractivity contribution in [1.82, 2.24) is 30.4 Å². The lowest BCUT2D eigenvalue weighted by Crippen LogP contribution is -2.49. The van der Waals surface area contributed by atoms with Gasteiger partial charge in [0.15, 0.2) is 0 Å². The number of anilines is 2. The molecule has 0 radical (unpaired) electrons. The highest BCUT2D eigenvalue weighted by Crippen LogP contribution is 2.29. The largest absolute Gasteiger partial charge is 0.444 e. The van der Waals surface area contributed by atoms with Crippen molar-refractivity contribution >= 4 is 58.2 Å². The second-order valence-electron chi connectivity index (χ2n) is 18.2.